The number of aromatic nitrogens is 3. The van der Waals surface area contributed by atoms with Gasteiger partial charge in [0, 0.05) is 24.1 Å². The zero-order valence-electron chi connectivity index (χ0n) is 15.4. The fraction of sp³-hybridized carbons (Fsp3) is 0.0909. The Kier molecular flexibility index (Phi) is 4.45. The Bertz CT molecular complexity index is 1200. The summed E-state index contributed by atoms with van der Waals surface area (Å²) in [6.07, 6.45) is 1.52. The number of benzene rings is 2. The summed E-state index contributed by atoms with van der Waals surface area (Å²) in [7, 11) is 0. The maximum absolute atomic E-state index is 13.0. The van der Waals surface area contributed by atoms with E-state index >= 15 is 0 Å². The number of hydrogen-bond acceptors (Lipinski definition) is 5. The van der Waals surface area contributed by atoms with Crippen LogP contribution in [0.1, 0.15) is 28.5 Å². The van der Waals surface area contributed by atoms with E-state index in [0.29, 0.717) is 16.8 Å². The van der Waals surface area contributed by atoms with Gasteiger partial charge in [-0.15, -0.1) is 0 Å². The molecule has 6 heteroatoms. The van der Waals surface area contributed by atoms with Gasteiger partial charge in [0.15, 0.2) is 11.4 Å². The largest absolute Gasteiger partial charge is 0.426 e. The number of para-hydroxylation sites is 2. The summed E-state index contributed by atoms with van der Waals surface area (Å²) in [6, 6.07) is 18.1. The minimum absolute atomic E-state index is 0.233. The Labute approximate surface area is 161 Å². The number of esters is 1. The van der Waals surface area contributed by atoms with Gasteiger partial charge < -0.3 is 4.74 Å². The molecule has 2 aromatic heterocycles. The van der Waals surface area contributed by atoms with Crippen LogP contribution in [0.5, 0.6) is 5.75 Å². The molecule has 0 aliphatic rings. The van der Waals surface area contributed by atoms with Crippen molar-refractivity contribution in [1.82, 2.24) is 14.8 Å². The molecule has 28 heavy (non-hydrogen) atoms. The van der Waals surface area contributed by atoms with E-state index in [0.717, 1.165) is 16.8 Å². The minimum atomic E-state index is -0.478. The summed E-state index contributed by atoms with van der Waals surface area (Å²) in [4.78, 5) is 28.8. The second-order valence-electron chi connectivity index (χ2n) is 6.35. The average Bonchev–Trinajstić information content (AvgIpc) is 3.04. The number of fused-ring (bicyclic) bond motifs is 1. The molecular weight excluding hydrogens is 354 g/mol. The van der Waals surface area contributed by atoms with Crippen LogP contribution >= 0.6 is 0 Å². The predicted octanol–water partition coefficient (Wildman–Crippen LogP) is 3.89. The Hall–Kier alpha value is -3.80. The molecule has 0 fully saturated rings. The van der Waals surface area contributed by atoms with Crippen LogP contribution < -0.4 is 4.74 Å². The van der Waals surface area contributed by atoms with Crippen LogP contribution in [-0.2, 0) is 4.79 Å². The van der Waals surface area contributed by atoms with Gasteiger partial charge in [-0.1, -0.05) is 30.3 Å². The van der Waals surface area contributed by atoms with E-state index in [1.54, 1.807) is 35.0 Å². The zero-order chi connectivity index (χ0) is 19.7. The van der Waals surface area contributed by atoms with Crippen molar-refractivity contribution < 1.29 is 14.3 Å². The summed E-state index contributed by atoms with van der Waals surface area (Å²) in [5.74, 6) is -0.510. The van der Waals surface area contributed by atoms with Crippen molar-refractivity contribution in [3.05, 3.63) is 83.7 Å². The monoisotopic (exact) mass is 371 g/mol. The van der Waals surface area contributed by atoms with Crippen molar-refractivity contribution in [3.8, 4) is 11.4 Å². The van der Waals surface area contributed by atoms with Crippen LogP contribution in [-0.4, -0.2) is 26.5 Å². The summed E-state index contributed by atoms with van der Waals surface area (Å²) >= 11 is 0. The number of carbonyl (C=O) groups is 2. The lowest BCUT2D eigenvalue weighted by Crippen LogP contribution is -2.09. The molecule has 2 heterocycles. The molecule has 0 saturated carbocycles. The molecule has 0 unspecified atom stereocenters. The number of aryl methyl sites for hydroxylation is 1. The van der Waals surface area contributed by atoms with Gasteiger partial charge in [0.2, 0.25) is 0 Å². The maximum Gasteiger partial charge on any atom is 0.308 e. The van der Waals surface area contributed by atoms with Crippen LogP contribution in [0.3, 0.4) is 0 Å². The molecule has 6 nitrogen and oxygen atoms in total. The first-order valence-corrected chi connectivity index (χ1v) is 8.77. The topological polar surface area (TPSA) is 74.1 Å². The van der Waals surface area contributed by atoms with Crippen LogP contribution in [0, 0.1) is 6.92 Å². The summed E-state index contributed by atoms with van der Waals surface area (Å²) in [5.41, 5.74) is 3.06. The molecule has 4 rings (SSSR count). The molecule has 0 amide bonds. The van der Waals surface area contributed by atoms with E-state index < -0.39 is 5.97 Å². The average molecular weight is 371 g/mol. The van der Waals surface area contributed by atoms with E-state index in [1.165, 1.54) is 13.1 Å². The van der Waals surface area contributed by atoms with Crippen LogP contribution in [0.25, 0.3) is 16.7 Å². The molecule has 138 valence electrons. The van der Waals surface area contributed by atoms with Gasteiger partial charge in [-0.05, 0) is 37.3 Å². The normalized spacial score (nSPS) is 10.8. The molecular formula is C22H17N3O3. The van der Waals surface area contributed by atoms with E-state index in [-0.39, 0.29) is 11.5 Å². The van der Waals surface area contributed by atoms with Gasteiger partial charge in [-0.2, -0.15) is 5.10 Å². The van der Waals surface area contributed by atoms with Crippen molar-refractivity contribution in [2.75, 3.05) is 0 Å². The molecule has 4 aromatic rings. The second-order valence-corrected chi connectivity index (χ2v) is 6.35. The fourth-order valence-electron chi connectivity index (χ4n) is 3.07. The quantitative estimate of drug-likeness (QED) is 0.309. The highest BCUT2D eigenvalue weighted by Gasteiger charge is 2.18. The SMILES string of the molecule is CC(=O)Oc1ccccc1C(=O)c1cnc2c(c1)c(C)nn2-c1ccccc1. The number of ketones is 1. The lowest BCUT2D eigenvalue weighted by molar-refractivity contribution is -0.131. The van der Waals surface area contributed by atoms with Crippen molar-refractivity contribution in [1.29, 1.82) is 0 Å². The summed E-state index contributed by atoms with van der Waals surface area (Å²) in [6.45, 7) is 3.18. The number of nitrogens with zero attached hydrogens (tertiary/aromatic N) is 3. The van der Waals surface area contributed by atoms with Crippen LogP contribution in [0.2, 0.25) is 0 Å². The van der Waals surface area contributed by atoms with Crippen molar-refractivity contribution in [2.45, 2.75) is 13.8 Å². The fourth-order valence-corrected chi connectivity index (χ4v) is 3.07. The van der Waals surface area contributed by atoms with Crippen molar-refractivity contribution >= 4 is 22.8 Å². The second kappa shape index (κ2) is 7.08. The highest BCUT2D eigenvalue weighted by atomic mass is 16.5. The van der Waals surface area contributed by atoms with E-state index in [2.05, 4.69) is 10.1 Å². The first kappa shape index (κ1) is 17.6. The number of pyridine rings is 1. The van der Waals surface area contributed by atoms with Gasteiger partial charge in [0.25, 0.3) is 0 Å². The molecule has 0 radical (unpaired) electrons. The van der Waals surface area contributed by atoms with E-state index in [4.69, 9.17) is 4.74 Å². The Morgan fingerprint density at radius 1 is 1.00 bits per heavy atom. The molecule has 2 aromatic carbocycles. The molecule has 0 bridgehead atoms. The standard InChI is InChI=1S/C22H17N3O3/c1-14-19-12-16(21(27)18-10-6-7-11-20(18)28-15(2)26)13-23-22(19)25(24-14)17-8-4-3-5-9-17/h3-13H,1-2H3. The number of ether oxygens (including phenoxy) is 1. The maximum atomic E-state index is 13.0. The Morgan fingerprint density at radius 2 is 1.71 bits per heavy atom. The molecule has 0 saturated heterocycles. The lowest BCUT2D eigenvalue weighted by atomic mass is 10.0. The summed E-state index contributed by atoms with van der Waals surface area (Å²) in [5, 5.41) is 5.35. The first-order chi connectivity index (χ1) is 13.5. The molecule has 0 atom stereocenters. The third-order valence-electron chi connectivity index (χ3n) is 4.36. The highest BCUT2D eigenvalue weighted by molar-refractivity contribution is 6.12. The summed E-state index contributed by atoms with van der Waals surface area (Å²) < 4.78 is 6.92. The molecule has 0 spiro atoms. The van der Waals surface area contributed by atoms with Gasteiger partial charge in [0.05, 0.1) is 16.9 Å². The Morgan fingerprint density at radius 3 is 2.46 bits per heavy atom. The van der Waals surface area contributed by atoms with Crippen molar-refractivity contribution in [2.24, 2.45) is 0 Å². The van der Waals surface area contributed by atoms with Crippen molar-refractivity contribution in [3.63, 3.8) is 0 Å². The molecule has 0 aliphatic heterocycles. The Balaban J connectivity index is 1.78. The predicted molar refractivity (Wildman–Crippen MR) is 105 cm³/mol. The van der Waals surface area contributed by atoms with Gasteiger partial charge in [-0.3, -0.25) is 9.59 Å². The lowest BCUT2D eigenvalue weighted by Gasteiger charge is -2.08. The van der Waals surface area contributed by atoms with Gasteiger partial charge >= 0.3 is 5.97 Å². The van der Waals surface area contributed by atoms with E-state index in [1.807, 2.05) is 37.3 Å². The zero-order valence-corrected chi connectivity index (χ0v) is 15.4. The third-order valence-corrected chi connectivity index (χ3v) is 4.36. The number of rotatable bonds is 4. The molecule has 0 N–H and O–H groups in total. The minimum Gasteiger partial charge on any atom is -0.426 e. The highest BCUT2D eigenvalue weighted by Crippen LogP contribution is 2.25. The molecule has 0 aliphatic carbocycles. The number of carbonyl (C=O) groups excluding carboxylic acids is 2. The van der Waals surface area contributed by atoms with Gasteiger partial charge in [0.1, 0.15) is 5.75 Å². The smallest absolute Gasteiger partial charge is 0.308 e. The van der Waals surface area contributed by atoms with Gasteiger partial charge in [-0.25, -0.2) is 9.67 Å². The first-order valence-electron chi connectivity index (χ1n) is 8.77. The third kappa shape index (κ3) is 3.16. The van der Waals surface area contributed by atoms with E-state index in [9.17, 15) is 9.59 Å². The number of hydrogen-bond donors (Lipinski definition) is 0. The van der Waals surface area contributed by atoms with Crippen LogP contribution in [0.15, 0.2) is 66.9 Å². The van der Waals surface area contributed by atoms with Crippen LogP contribution in [0.4, 0.5) is 0 Å².